The molecule has 0 aromatic heterocycles. The molecule has 8 heteroatoms. The number of anilines is 1. The summed E-state index contributed by atoms with van der Waals surface area (Å²) < 4.78 is 23.3. The van der Waals surface area contributed by atoms with Gasteiger partial charge in [-0.3, -0.25) is 4.79 Å². The third-order valence-electron chi connectivity index (χ3n) is 5.14. The standard InChI is InChI=1S/C27H23BrN2O5/c1-3-32-25-13-19(10-20(14-29)27(31)30-21-7-4-17(2)5-8-21)11-22(28)26(25)33-15-18-6-9-23-24(12-18)35-16-34-23/h4-13H,3,15-16H2,1-2H3,(H,30,31)/b20-10-. The number of aryl methyl sites for hydroxylation is 1. The minimum atomic E-state index is -0.492. The van der Waals surface area contributed by atoms with Crippen LogP contribution in [0.1, 0.15) is 23.6 Å². The number of hydrogen-bond donors (Lipinski definition) is 1. The maximum atomic E-state index is 12.6. The molecule has 3 aromatic carbocycles. The van der Waals surface area contributed by atoms with Crippen LogP contribution in [-0.2, 0) is 11.4 Å². The molecule has 3 aromatic rings. The van der Waals surface area contributed by atoms with E-state index >= 15 is 0 Å². The van der Waals surface area contributed by atoms with Crippen molar-refractivity contribution >= 4 is 33.6 Å². The summed E-state index contributed by atoms with van der Waals surface area (Å²) in [5, 5.41) is 12.3. The van der Waals surface area contributed by atoms with E-state index in [2.05, 4.69) is 21.2 Å². The molecule has 0 saturated heterocycles. The van der Waals surface area contributed by atoms with E-state index < -0.39 is 5.91 Å². The fourth-order valence-electron chi connectivity index (χ4n) is 3.41. The molecule has 1 aliphatic heterocycles. The number of ether oxygens (including phenoxy) is 4. The highest BCUT2D eigenvalue weighted by atomic mass is 79.9. The van der Waals surface area contributed by atoms with Gasteiger partial charge in [0, 0.05) is 5.69 Å². The molecule has 0 bridgehead atoms. The second-order valence-electron chi connectivity index (χ2n) is 7.73. The third kappa shape index (κ3) is 5.94. The lowest BCUT2D eigenvalue weighted by Gasteiger charge is -2.15. The number of fused-ring (bicyclic) bond motifs is 1. The van der Waals surface area contributed by atoms with Crippen molar-refractivity contribution in [3.05, 3.63) is 81.3 Å². The average molecular weight is 535 g/mol. The molecule has 178 valence electrons. The minimum absolute atomic E-state index is 0.0334. The van der Waals surface area contributed by atoms with Crippen LogP contribution < -0.4 is 24.3 Å². The Morgan fingerprint density at radius 2 is 1.89 bits per heavy atom. The molecule has 0 saturated carbocycles. The number of nitriles is 1. The first kappa shape index (κ1) is 24.2. The summed E-state index contributed by atoms with van der Waals surface area (Å²) in [6.07, 6.45) is 1.51. The van der Waals surface area contributed by atoms with Crippen molar-refractivity contribution in [2.24, 2.45) is 0 Å². The summed E-state index contributed by atoms with van der Waals surface area (Å²) in [7, 11) is 0. The second-order valence-corrected chi connectivity index (χ2v) is 8.58. The molecule has 0 fully saturated rings. The lowest BCUT2D eigenvalue weighted by atomic mass is 10.1. The fourth-order valence-corrected chi connectivity index (χ4v) is 3.99. The number of benzene rings is 3. The van der Waals surface area contributed by atoms with Crippen LogP contribution in [0.3, 0.4) is 0 Å². The van der Waals surface area contributed by atoms with Crippen molar-refractivity contribution in [1.29, 1.82) is 5.26 Å². The number of halogens is 1. The van der Waals surface area contributed by atoms with E-state index in [4.69, 9.17) is 18.9 Å². The Morgan fingerprint density at radius 1 is 1.11 bits per heavy atom. The summed E-state index contributed by atoms with van der Waals surface area (Å²) in [6.45, 7) is 4.74. The lowest BCUT2D eigenvalue weighted by Crippen LogP contribution is -2.13. The zero-order valence-electron chi connectivity index (χ0n) is 19.3. The summed E-state index contributed by atoms with van der Waals surface area (Å²) in [6, 6.07) is 18.5. The lowest BCUT2D eigenvalue weighted by molar-refractivity contribution is -0.112. The van der Waals surface area contributed by atoms with E-state index in [0.29, 0.717) is 45.3 Å². The predicted molar refractivity (Wildman–Crippen MR) is 136 cm³/mol. The van der Waals surface area contributed by atoms with E-state index in [1.54, 1.807) is 24.3 Å². The van der Waals surface area contributed by atoms with Crippen LogP contribution in [0.2, 0.25) is 0 Å². The summed E-state index contributed by atoms with van der Waals surface area (Å²) in [5.74, 6) is 1.91. The smallest absolute Gasteiger partial charge is 0.266 e. The molecule has 7 nitrogen and oxygen atoms in total. The van der Waals surface area contributed by atoms with Crippen molar-refractivity contribution in [1.82, 2.24) is 0 Å². The number of rotatable bonds is 8. The number of nitrogens with zero attached hydrogens (tertiary/aromatic N) is 1. The number of nitrogens with one attached hydrogen (secondary N) is 1. The predicted octanol–water partition coefficient (Wildman–Crippen LogP) is 6.01. The van der Waals surface area contributed by atoms with Gasteiger partial charge in [-0.1, -0.05) is 23.8 Å². The maximum Gasteiger partial charge on any atom is 0.266 e. The van der Waals surface area contributed by atoms with Gasteiger partial charge in [-0.15, -0.1) is 0 Å². The first-order valence-corrected chi connectivity index (χ1v) is 11.7. The Kier molecular flexibility index (Phi) is 7.58. The van der Waals surface area contributed by atoms with Gasteiger partial charge in [0.2, 0.25) is 6.79 Å². The Balaban J connectivity index is 1.54. The highest BCUT2D eigenvalue weighted by Gasteiger charge is 2.17. The number of amides is 1. The highest BCUT2D eigenvalue weighted by molar-refractivity contribution is 9.10. The van der Waals surface area contributed by atoms with Crippen LogP contribution in [0.4, 0.5) is 5.69 Å². The zero-order valence-corrected chi connectivity index (χ0v) is 20.8. The molecule has 4 rings (SSSR count). The first-order chi connectivity index (χ1) is 17.0. The quantitative estimate of drug-likeness (QED) is 0.281. The Labute approximate surface area is 212 Å². The molecule has 1 heterocycles. The van der Waals surface area contributed by atoms with Crippen LogP contribution in [0.25, 0.3) is 6.08 Å². The molecule has 0 radical (unpaired) electrons. The molecule has 1 aliphatic rings. The van der Waals surface area contributed by atoms with E-state index in [9.17, 15) is 10.1 Å². The topological polar surface area (TPSA) is 89.8 Å². The van der Waals surface area contributed by atoms with Crippen molar-refractivity contribution in [3.8, 4) is 29.1 Å². The molecule has 35 heavy (non-hydrogen) atoms. The van der Waals surface area contributed by atoms with Gasteiger partial charge < -0.3 is 24.3 Å². The van der Waals surface area contributed by atoms with Crippen LogP contribution in [-0.4, -0.2) is 19.3 Å². The largest absolute Gasteiger partial charge is 0.490 e. The molecule has 1 N–H and O–H groups in total. The summed E-state index contributed by atoms with van der Waals surface area (Å²) >= 11 is 3.54. The number of carbonyl (C=O) groups excluding carboxylic acids is 1. The molecule has 1 amide bonds. The molecule has 0 aliphatic carbocycles. The Morgan fingerprint density at radius 3 is 2.63 bits per heavy atom. The number of hydrogen-bond acceptors (Lipinski definition) is 6. The average Bonchev–Trinajstić information content (AvgIpc) is 3.31. The Bertz CT molecular complexity index is 1310. The maximum absolute atomic E-state index is 12.6. The van der Waals surface area contributed by atoms with Crippen LogP contribution in [0.15, 0.2) is 64.6 Å². The van der Waals surface area contributed by atoms with Crippen molar-refractivity contribution in [3.63, 3.8) is 0 Å². The van der Waals surface area contributed by atoms with Crippen LogP contribution in [0, 0.1) is 18.3 Å². The third-order valence-corrected chi connectivity index (χ3v) is 5.73. The van der Waals surface area contributed by atoms with Gasteiger partial charge in [-0.2, -0.15) is 5.26 Å². The zero-order chi connectivity index (χ0) is 24.8. The highest BCUT2D eigenvalue weighted by Crippen LogP contribution is 2.39. The van der Waals surface area contributed by atoms with Crippen molar-refractivity contribution < 1.29 is 23.7 Å². The van der Waals surface area contributed by atoms with Crippen molar-refractivity contribution in [2.45, 2.75) is 20.5 Å². The molecular weight excluding hydrogens is 512 g/mol. The molecule has 0 spiro atoms. The van der Waals surface area contributed by atoms with E-state index in [1.807, 2.05) is 50.2 Å². The van der Waals surface area contributed by atoms with E-state index in [-0.39, 0.29) is 19.0 Å². The van der Waals surface area contributed by atoms with E-state index in [0.717, 1.165) is 11.1 Å². The van der Waals surface area contributed by atoms with Crippen LogP contribution in [0.5, 0.6) is 23.0 Å². The van der Waals surface area contributed by atoms with Crippen LogP contribution >= 0.6 is 15.9 Å². The second kappa shape index (κ2) is 11.0. The monoisotopic (exact) mass is 534 g/mol. The van der Waals surface area contributed by atoms with Gasteiger partial charge in [0.1, 0.15) is 18.2 Å². The minimum Gasteiger partial charge on any atom is -0.490 e. The summed E-state index contributed by atoms with van der Waals surface area (Å²) in [4.78, 5) is 12.6. The SMILES string of the molecule is CCOc1cc(/C=C(/C#N)C(=O)Nc2ccc(C)cc2)cc(Br)c1OCc1ccc2c(c1)OCO2. The van der Waals surface area contributed by atoms with Crippen molar-refractivity contribution in [2.75, 3.05) is 18.7 Å². The Hall–Kier alpha value is -3.96. The fraction of sp³-hybridized carbons (Fsp3) is 0.185. The number of carbonyl (C=O) groups is 1. The van der Waals surface area contributed by atoms with Gasteiger partial charge in [-0.25, -0.2) is 0 Å². The van der Waals surface area contributed by atoms with Gasteiger partial charge in [0.15, 0.2) is 23.0 Å². The van der Waals surface area contributed by atoms with Gasteiger partial charge >= 0.3 is 0 Å². The normalized spacial score (nSPS) is 12.1. The van der Waals surface area contributed by atoms with Gasteiger partial charge in [0.05, 0.1) is 11.1 Å². The molecule has 0 unspecified atom stereocenters. The van der Waals surface area contributed by atoms with Gasteiger partial charge in [-0.05, 0) is 83.4 Å². The molecule has 0 atom stereocenters. The first-order valence-electron chi connectivity index (χ1n) is 10.9. The summed E-state index contributed by atoms with van der Waals surface area (Å²) in [5.41, 5.74) is 3.19. The van der Waals surface area contributed by atoms with Gasteiger partial charge in [0.25, 0.3) is 5.91 Å². The van der Waals surface area contributed by atoms with E-state index in [1.165, 1.54) is 6.08 Å². The molecular formula is C27H23BrN2O5.